The molecular weight excluding hydrogens is 247 g/mol. The minimum absolute atomic E-state index is 0.405. The first-order chi connectivity index (χ1) is 10.3. The molecule has 0 aliphatic heterocycles. The van der Waals surface area contributed by atoms with Crippen LogP contribution in [-0.2, 0) is 14.3 Å². The second kappa shape index (κ2) is 5.84. The Morgan fingerprint density at radius 1 is 1.53 bits per heavy atom. The molecule has 0 aromatic heterocycles. The highest BCUT2D eigenvalue weighted by Crippen LogP contribution is 2.39. The van der Waals surface area contributed by atoms with Crippen LogP contribution in [0.3, 0.4) is 0 Å². The number of carbonyl (C=O) groups is 2. The Morgan fingerprint density at radius 2 is 2.21 bits per heavy atom. The van der Waals surface area contributed by atoms with Crippen LogP contribution in [0.4, 0.5) is 0 Å². The summed E-state index contributed by atoms with van der Waals surface area (Å²) in [4.78, 5) is 23.8. The maximum absolute atomic E-state index is 12.3. The van der Waals surface area contributed by atoms with Gasteiger partial charge in [-0.25, -0.2) is 0 Å². The summed E-state index contributed by atoms with van der Waals surface area (Å²) < 4.78 is 28.0. The summed E-state index contributed by atoms with van der Waals surface area (Å²) in [5.41, 5.74) is 0.623. The minimum atomic E-state index is -2.25. The molecule has 4 atom stereocenters. The standard InChI is InChI=1S/C14H17NO4/c1-19-14(18)11-7-10(11)13(17)15-12(8-16)9-5-3-2-4-6-9/h2-6,10-12,16H,7-8H2,1H3,(H,15,17)/t10-,11-,12+/m1/s1/i7+1D,10D,11D/t7?,10-,11-,12+. The van der Waals surface area contributed by atoms with Crippen LogP contribution in [-0.4, -0.2) is 30.7 Å². The van der Waals surface area contributed by atoms with E-state index in [-0.39, 0.29) is 0 Å². The van der Waals surface area contributed by atoms with Gasteiger partial charge in [0.1, 0.15) is 0 Å². The first-order valence-corrected chi connectivity index (χ1v) is 5.81. The quantitative estimate of drug-likeness (QED) is 0.606. The zero-order valence-electron chi connectivity index (χ0n) is 13.4. The molecule has 1 saturated carbocycles. The molecule has 1 aromatic rings. The third-order valence-corrected chi connectivity index (χ3v) is 2.84. The van der Waals surface area contributed by atoms with Crippen LogP contribution in [0, 0.1) is 11.8 Å². The summed E-state index contributed by atoms with van der Waals surface area (Å²) in [6.45, 7) is -0.405. The van der Waals surface area contributed by atoms with Gasteiger partial charge >= 0.3 is 5.97 Å². The topological polar surface area (TPSA) is 75.6 Å². The van der Waals surface area contributed by atoms with Gasteiger partial charge in [0.05, 0.1) is 31.5 Å². The number of esters is 1. The summed E-state index contributed by atoms with van der Waals surface area (Å²) in [7, 11) is 1.04. The van der Waals surface area contributed by atoms with Crippen molar-refractivity contribution in [1.82, 2.24) is 5.32 Å². The molecule has 5 nitrogen and oxygen atoms in total. The number of rotatable bonds is 5. The van der Waals surface area contributed by atoms with Gasteiger partial charge in [-0.1, -0.05) is 30.3 Å². The molecule has 1 amide bonds. The molecule has 0 heterocycles. The predicted molar refractivity (Wildman–Crippen MR) is 68.0 cm³/mol. The molecule has 0 saturated heterocycles. The van der Waals surface area contributed by atoms with E-state index in [0.717, 1.165) is 7.11 Å². The van der Waals surface area contributed by atoms with E-state index in [1.807, 2.05) is 0 Å². The summed E-state index contributed by atoms with van der Waals surface area (Å²) in [5.74, 6) is -6.53. The smallest absolute Gasteiger partial charge is 0.309 e. The molecule has 2 N–H and O–H groups in total. The maximum Gasteiger partial charge on any atom is 0.309 e. The molecular formula is C14H17NO4. The SMILES string of the molecule is [2H][13CH]1[C@@]([2H])(C(=O)N[C@@H](CO)c2ccccc2)[C@]1([2H])C(=O)OC. The van der Waals surface area contributed by atoms with Crippen molar-refractivity contribution in [2.24, 2.45) is 11.8 Å². The Hall–Kier alpha value is -1.88. The average molecular weight is 267 g/mol. The van der Waals surface area contributed by atoms with Crippen molar-refractivity contribution < 1.29 is 23.5 Å². The molecule has 0 spiro atoms. The molecule has 1 aromatic carbocycles. The van der Waals surface area contributed by atoms with Crippen molar-refractivity contribution in [3.63, 3.8) is 0 Å². The van der Waals surface area contributed by atoms with Crippen molar-refractivity contribution in [1.29, 1.82) is 0 Å². The Labute approximate surface area is 115 Å². The van der Waals surface area contributed by atoms with Gasteiger partial charge in [-0.05, 0) is 12.0 Å². The van der Waals surface area contributed by atoms with E-state index >= 15 is 0 Å². The number of carbonyl (C=O) groups excluding carboxylic acids is 2. The summed E-state index contributed by atoms with van der Waals surface area (Å²) >= 11 is 0. The van der Waals surface area contributed by atoms with Gasteiger partial charge in [-0.2, -0.15) is 0 Å². The third-order valence-electron chi connectivity index (χ3n) is 2.84. The number of nitrogens with one attached hydrogen (secondary N) is 1. The molecule has 1 aliphatic carbocycles. The average Bonchev–Trinajstić information content (AvgIpc) is 3.01. The monoisotopic (exact) mass is 267 g/mol. The van der Waals surface area contributed by atoms with Gasteiger partial charge in [0.15, 0.2) is 0 Å². The minimum Gasteiger partial charge on any atom is -0.469 e. The number of aliphatic hydroxyl groups is 1. The Kier molecular flexibility index (Phi) is 3.07. The van der Waals surface area contributed by atoms with Gasteiger partial charge in [0.25, 0.3) is 0 Å². The number of hydrogen-bond acceptors (Lipinski definition) is 4. The lowest BCUT2D eigenvalue weighted by molar-refractivity contribution is -0.143. The highest BCUT2D eigenvalue weighted by molar-refractivity contribution is 5.90. The van der Waals surface area contributed by atoms with Gasteiger partial charge in [-0.3, -0.25) is 9.59 Å². The third kappa shape index (κ3) is 3.12. The van der Waals surface area contributed by atoms with Crippen LogP contribution in [0.15, 0.2) is 30.3 Å². The van der Waals surface area contributed by atoms with Crippen LogP contribution in [0.25, 0.3) is 0 Å². The van der Waals surface area contributed by atoms with E-state index in [2.05, 4.69) is 10.1 Å². The van der Waals surface area contributed by atoms with Crippen LogP contribution >= 0.6 is 0 Å². The maximum atomic E-state index is 12.3. The second-order valence-corrected chi connectivity index (χ2v) is 4.08. The molecule has 5 heteroatoms. The zero-order valence-corrected chi connectivity index (χ0v) is 10.4. The normalized spacial score (nSPS) is 36.3. The Morgan fingerprint density at radius 3 is 2.79 bits per heavy atom. The van der Waals surface area contributed by atoms with Crippen LogP contribution in [0.1, 0.15) is 22.1 Å². The molecule has 2 rings (SSSR count). The highest BCUT2D eigenvalue weighted by Gasteiger charge is 2.49. The lowest BCUT2D eigenvalue weighted by Gasteiger charge is -2.16. The Balaban J connectivity index is 2.17. The van der Waals surface area contributed by atoms with E-state index in [1.165, 1.54) is 0 Å². The van der Waals surface area contributed by atoms with E-state index < -0.39 is 42.7 Å². The fraction of sp³-hybridized carbons (Fsp3) is 0.429. The van der Waals surface area contributed by atoms with Crippen LogP contribution in [0.2, 0.25) is 0 Å². The van der Waals surface area contributed by atoms with Gasteiger partial charge < -0.3 is 15.2 Å². The largest absolute Gasteiger partial charge is 0.469 e. The number of amides is 1. The van der Waals surface area contributed by atoms with E-state index in [0.29, 0.717) is 5.56 Å². The van der Waals surface area contributed by atoms with Crippen molar-refractivity contribution in [2.75, 3.05) is 13.7 Å². The first-order valence-electron chi connectivity index (χ1n) is 7.39. The van der Waals surface area contributed by atoms with Crippen molar-refractivity contribution in [3.05, 3.63) is 35.9 Å². The molecule has 0 radical (unpaired) electrons. The number of ether oxygens (including phenoxy) is 1. The van der Waals surface area contributed by atoms with Crippen LogP contribution < -0.4 is 5.32 Å². The molecule has 1 unspecified atom stereocenters. The molecule has 1 aliphatic rings. The van der Waals surface area contributed by atoms with E-state index in [1.54, 1.807) is 30.3 Å². The second-order valence-electron chi connectivity index (χ2n) is 4.08. The van der Waals surface area contributed by atoms with Crippen LogP contribution in [0.5, 0.6) is 0 Å². The number of hydrogen-bond donors (Lipinski definition) is 2. The predicted octanol–water partition coefficient (Wildman–Crippen LogP) is 0.645. The first kappa shape index (κ1) is 9.97. The number of methoxy groups -OCH3 is 1. The fourth-order valence-corrected chi connectivity index (χ4v) is 1.73. The van der Waals surface area contributed by atoms with Gasteiger partial charge in [0, 0.05) is 4.11 Å². The zero-order chi connectivity index (χ0) is 16.5. The molecule has 102 valence electrons. The van der Waals surface area contributed by atoms with Gasteiger partial charge in [0.2, 0.25) is 5.91 Å². The van der Waals surface area contributed by atoms with Crippen molar-refractivity contribution in [2.45, 2.75) is 12.4 Å². The molecule has 0 bridgehead atoms. The van der Waals surface area contributed by atoms with E-state index in [4.69, 9.17) is 4.11 Å². The lowest BCUT2D eigenvalue weighted by atomic mass is 10.1. The van der Waals surface area contributed by atoms with Crippen molar-refractivity contribution >= 4 is 11.9 Å². The fourth-order valence-electron chi connectivity index (χ4n) is 1.73. The molecule has 1 fully saturated rings. The summed E-state index contributed by atoms with van der Waals surface area (Å²) in [6.07, 6.45) is -1.54. The lowest BCUT2D eigenvalue weighted by Crippen LogP contribution is -2.32. The van der Waals surface area contributed by atoms with Gasteiger partial charge in [-0.15, -0.1) is 0 Å². The van der Waals surface area contributed by atoms with E-state index in [9.17, 15) is 14.7 Å². The summed E-state index contributed by atoms with van der Waals surface area (Å²) in [6, 6.07) is 7.85. The number of benzene rings is 1. The van der Waals surface area contributed by atoms with Crippen molar-refractivity contribution in [3.8, 4) is 0 Å². The Bertz CT molecular complexity index is 585. The number of aliphatic hydroxyl groups excluding tert-OH is 1. The molecule has 19 heavy (non-hydrogen) atoms. The highest BCUT2D eigenvalue weighted by atomic mass is 16.5. The summed E-state index contributed by atoms with van der Waals surface area (Å²) in [5, 5.41) is 11.8.